The second-order valence-electron chi connectivity index (χ2n) is 5.53. The quantitative estimate of drug-likeness (QED) is 0.529. The summed E-state index contributed by atoms with van der Waals surface area (Å²) >= 11 is 12.3. The van der Waals surface area contributed by atoms with Crippen LogP contribution in [0.5, 0.6) is 11.5 Å². The van der Waals surface area contributed by atoms with Gasteiger partial charge < -0.3 is 15.2 Å². The predicted molar refractivity (Wildman–Crippen MR) is 103 cm³/mol. The molecule has 0 aromatic heterocycles. The van der Waals surface area contributed by atoms with Gasteiger partial charge >= 0.3 is 0 Å². The number of phenols is 1. The molecule has 0 saturated heterocycles. The Bertz CT molecular complexity index is 813. The number of nitrogens with one attached hydrogen (secondary N) is 1. The van der Waals surface area contributed by atoms with Crippen LogP contribution < -0.4 is 10.1 Å². The van der Waals surface area contributed by atoms with E-state index in [2.05, 4.69) is 5.32 Å². The molecule has 0 saturated carbocycles. The van der Waals surface area contributed by atoms with E-state index >= 15 is 0 Å². The van der Waals surface area contributed by atoms with E-state index in [0.29, 0.717) is 23.2 Å². The molecule has 0 bridgehead atoms. The summed E-state index contributed by atoms with van der Waals surface area (Å²) in [5, 5.41) is 13.8. The van der Waals surface area contributed by atoms with Crippen LogP contribution in [0.4, 0.5) is 5.69 Å². The molecule has 0 aliphatic heterocycles. The maximum atomic E-state index is 9.28. The number of hydrogen-bond acceptors (Lipinski definition) is 3. The normalized spacial score (nSPS) is 10.5. The molecule has 0 atom stereocenters. The SMILES string of the molecule is Oc1ccc(NCc2ccc(OCc3c(Cl)cccc3Cl)cc2)cc1. The Morgan fingerprint density at radius 3 is 2.12 bits per heavy atom. The van der Waals surface area contributed by atoms with Gasteiger partial charge in [0, 0.05) is 27.8 Å². The number of hydrogen-bond donors (Lipinski definition) is 2. The van der Waals surface area contributed by atoms with Gasteiger partial charge in [-0.1, -0.05) is 41.4 Å². The summed E-state index contributed by atoms with van der Waals surface area (Å²) in [4.78, 5) is 0. The largest absolute Gasteiger partial charge is 0.508 e. The van der Waals surface area contributed by atoms with E-state index < -0.39 is 0 Å². The van der Waals surface area contributed by atoms with Crippen LogP contribution in [0.15, 0.2) is 66.7 Å². The molecule has 128 valence electrons. The van der Waals surface area contributed by atoms with Crippen LogP contribution in [-0.2, 0) is 13.2 Å². The highest BCUT2D eigenvalue weighted by Gasteiger charge is 2.06. The highest BCUT2D eigenvalue weighted by Crippen LogP contribution is 2.26. The second kappa shape index (κ2) is 8.15. The van der Waals surface area contributed by atoms with E-state index in [1.807, 2.05) is 42.5 Å². The minimum atomic E-state index is 0.255. The molecule has 0 heterocycles. The predicted octanol–water partition coefficient (Wildman–Crippen LogP) is 5.89. The van der Waals surface area contributed by atoms with E-state index in [0.717, 1.165) is 22.6 Å². The lowest BCUT2D eigenvalue weighted by Gasteiger charge is -2.11. The monoisotopic (exact) mass is 373 g/mol. The molecule has 0 fully saturated rings. The third kappa shape index (κ3) is 4.81. The molecule has 3 aromatic carbocycles. The Hall–Kier alpha value is -2.36. The van der Waals surface area contributed by atoms with Crippen LogP contribution >= 0.6 is 23.2 Å². The fourth-order valence-corrected chi connectivity index (χ4v) is 2.82. The molecule has 3 nitrogen and oxygen atoms in total. The van der Waals surface area contributed by atoms with Gasteiger partial charge in [0.1, 0.15) is 18.1 Å². The lowest BCUT2D eigenvalue weighted by atomic mass is 10.2. The Balaban J connectivity index is 1.56. The highest BCUT2D eigenvalue weighted by molar-refractivity contribution is 6.35. The number of rotatable bonds is 6. The second-order valence-corrected chi connectivity index (χ2v) is 6.35. The number of halogens is 2. The van der Waals surface area contributed by atoms with Crippen molar-refractivity contribution in [1.82, 2.24) is 0 Å². The van der Waals surface area contributed by atoms with Crippen molar-refractivity contribution in [3.05, 3.63) is 87.9 Å². The van der Waals surface area contributed by atoms with Crippen molar-refractivity contribution in [2.24, 2.45) is 0 Å². The van der Waals surface area contributed by atoms with Crippen molar-refractivity contribution < 1.29 is 9.84 Å². The molecule has 5 heteroatoms. The van der Waals surface area contributed by atoms with Gasteiger partial charge in [-0.2, -0.15) is 0 Å². The highest BCUT2D eigenvalue weighted by atomic mass is 35.5. The zero-order valence-electron chi connectivity index (χ0n) is 13.4. The smallest absolute Gasteiger partial charge is 0.119 e. The van der Waals surface area contributed by atoms with E-state index in [1.165, 1.54) is 0 Å². The maximum Gasteiger partial charge on any atom is 0.119 e. The van der Waals surface area contributed by atoms with E-state index in [1.54, 1.807) is 24.3 Å². The summed E-state index contributed by atoms with van der Waals surface area (Å²) in [7, 11) is 0. The zero-order valence-corrected chi connectivity index (χ0v) is 14.9. The third-order valence-corrected chi connectivity index (χ3v) is 4.44. The van der Waals surface area contributed by atoms with Crippen molar-refractivity contribution in [2.45, 2.75) is 13.2 Å². The lowest BCUT2D eigenvalue weighted by molar-refractivity contribution is 0.306. The Morgan fingerprint density at radius 2 is 1.48 bits per heavy atom. The molecule has 0 amide bonds. The van der Waals surface area contributed by atoms with E-state index in [-0.39, 0.29) is 5.75 Å². The minimum Gasteiger partial charge on any atom is -0.508 e. The van der Waals surface area contributed by atoms with Gasteiger partial charge in [-0.15, -0.1) is 0 Å². The van der Waals surface area contributed by atoms with Gasteiger partial charge in [0.15, 0.2) is 0 Å². The third-order valence-electron chi connectivity index (χ3n) is 3.73. The maximum absolute atomic E-state index is 9.28. The van der Waals surface area contributed by atoms with Gasteiger partial charge in [0.25, 0.3) is 0 Å². The van der Waals surface area contributed by atoms with Crippen molar-refractivity contribution in [3.63, 3.8) is 0 Å². The van der Waals surface area contributed by atoms with Gasteiger partial charge in [0.2, 0.25) is 0 Å². The summed E-state index contributed by atoms with van der Waals surface area (Å²) < 4.78 is 5.77. The first-order valence-electron chi connectivity index (χ1n) is 7.79. The fourth-order valence-electron chi connectivity index (χ4n) is 2.31. The van der Waals surface area contributed by atoms with Crippen molar-refractivity contribution in [2.75, 3.05) is 5.32 Å². The molecule has 3 rings (SSSR count). The first-order chi connectivity index (χ1) is 12.1. The molecule has 2 N–H and O–H groups in total. The standard InChI is InChI=1S/C20H17Cl2NO2/c21-19-2-1-3-20(22)18(19)13-25-17-10-4-14(5-11-17)12-23-15-6-8-16(24)9-7-15/h1-11,23-24H,12-13H2. The van der Waals surface area contributed by atoms with Crippen LogP contribution in [0.25, 0.3) is 0 Å². The average molecular weight is 374 g/mol. The van der Waals surface area contributed by atoms with Crippen LogP contribution in [0.1, 0.15) is 11.1 Å². The number of anilines is 1. The molecule has 0 aliphatic carbocycles. The van der Waals surface area contributed by atoms with Crippen molar-refractivity contribution >= 4 is 28.9 Å². The first kappa shape index (κ1) is 17.5. The topological polar surface area (TPSA) is 41.5 Å². The van der Waals surface area contributed by atoms with Crippen LogP contribution in [0.2, 0.25) is 10.0 Å². The zero-order chi connectivity index (χ0) is 17.6. The minimum absolute atomic E-state index is 0.255. The number of aromatic hydroxyl groups is 1. The van der Waals surface area contributed by atoms with Crippen LogP contribution in [-0.4, -0.2) is 5.11 Å². The lowest BCUT2D eigenvalue weighted by Crippen LogP contribution is -2.00. The summed E-state index contributed by atoms with van der Waals surface area (Å²) in [5.74, 6) is 1.01. The van der Waals surface area contributed by atoms with Gasteiger partial charge in [-0.25, -0.2) is 0 Å². The number of ether oxygens (including phenoxy) is 1. The molecule has 3 aromatic rings. The molecule has 0 radical (unpaired) electrons. The summed E-state index contributed by atoms with van der Waals surface area (Å²) in [6.45, 7) is 1.00. The van der Waals surface area contributed by atoms with E-state index in [4.69, 9.17) is 27.9 Å². The van der Waals surface area contributed by atoms with E-state index in [9.17, 15) is 5.11 Å². The van der Waals surface area contributed by atoms with Crippen molar-refractivity contribution in [3.8, 4) is 11.5 Å². The first-order valence-corrected chi connectivity index (χ1v) is 8.55. The van der Waals surface area contributed by atoms with Crippen LogP contribution in [0.3, 0.4) is 0 Å². The summed E-state index contributed by atoms with van der Waals surface area (Å²) in [6, 6.07) is 20.2. The van der Waals surface area contributed by atoms with Crippen molar-refractivity contribution in [1.29, 1.82) is 0 Å². The number of benzene rings is 3. The summed E-state index contributed by atoms with van der Waals surface area (Å²) in [5.41, 5.74) is 2.85. The van der Waals surface area contributed by atoms with Crippen LogP contribution in [0, 0.1) is 0 Å². The summed E-state index contributed by atoms with van der Waals surface area (Å²) in [6.07, 6.45) is 0. The molecular formula is C20H17Cl2NO2. The molecule has 0 spiro atoms. The Morgan fingerprint density at radius 1 is 0.840 bits per heavy atom. The Labute approximate surface area is 156 Å². The number of phenolic OH excluding ortho intramolecular Hbond substituents is 1. The van der Waals surface area contributed by atoms with Gasteiger partial charge in [-0.05, 0) is 54.1 Å². The molecule has 0 aliphatic rings. The molecule has 0 unspecified atom stereocenters. The molecule has 25 heavy (non-hydrogen) atoms. The average Bonchev–Trinajstić information content (AvgIpc) is 2.62. The molecular weight excluding hydrogens is 357 g/mol. The van der Waals surface area contributed by atoms with Gasteiger partial charge in [-0.3, -0.25) is 0 Å². The van der Waals surface area contributed by atoms with Gasteiger partial charge in [0.05, 0.1) is 0 Å². The fraction of sp³-hybridized carbons (Fsp3) is 0.100. The Kier molecular flexibility index (Phi) is 5.69.